The monoisotopic (exact) mass is 285 g/mol. The van der Waals surface area contributed by atoms with Crippen LogP contribution in [0, 0.1) is 0 Å². The quantitative estimate of drug-likeness (QED) is 0.548. The molecule has 0 aliphatic rings. The van der Waals surface area contributed by atoms with E-state index in [2.05, 4.69) is 30.4 Å². The zero-order chi connectivity index (χ0) is 13.9. The first-order valence-electron chi connectivity index (χ1n) is 5.05. The van der Waals surface area contributed by atoms with E-state index in [0.29, 0.717) is 0 Å². The number of sulfonamides is 1. The molecule has 0 saturated heterocycles. The van der Waals surface area contributed by atoms with Crippen LogP contribution in [0.1, 0.15) is 0 Å². The van der Waals surface area contributed by atoms with Crippen molar-refractivity contribution in [1.82, 2.24) is 29.7 Å². The molecule has 0 bridgehead atoms. The van der Waals surface area contributed by atoms with Crippen LogP contribution in [-0.4, -0.2) is 50.4 Å². The van der Waals surface area contributed by atoms with Crippen molar-refractivity contribution in [2.24, 2.45) is 5.14 Å². The van der Waals surface area contributed by atoms with Crippen molar-refractivity contribution >= 4 is 21.9 Å². The number of nitrogens with one attached hydrogen (secondary N) is 1. The highest BCUT2D eigenvalue weighted by Gasteiger charge is 2.08. The molecule has 2 aromatic heterocycles. The number of primary sulfonamides is 1. The number of nitrogen functional groups attached to an aromatic ring is 1. The van der Waals surface area contributed by atoms with E-state index in [1.54, 1.807) is 0 Å². The minimum atomic E-state index is -3.55. The lowest BCUT2D eigenvalue weighted by Gasteiger charge is -2.06. The fraction of sp³-hybridized carbons (Fsp3) is 0.286. The first-order valence-corrected chi connectivity index (χ1v) is 6.76. The van der Waals surface area contributed by atoms with Gasteiger partial charge in [-0.3, -0.25) is 0 Å². The van der Waals surface area contributed by atoms with Crippen LogP contribution in [0.5, 0.6) is 0 Å². The van der Waals surface area contributed by atoms with Crippen LogP contribution in [0.15, 0.2) is 12.7 Å². The minimum Gasteiger partial charge on any atom is -0.368 e. The molecule has 19 heavy (non-hydrogen) atoms. The van der Waals surface area contributed by atoms with Gasteiger partial charge in [-0.25, -0.2) is 18.5 Å². The second-order valence-corrected chi connectivity index (χ2v) is 5.18. The molecule has 0 fully saturated rings. The van der Waals surface area contributed by atoms with E-state index >= 15 is 0 Å². The summed E-state index contributed by atoms with van der Waals surface area (Å²) >= 11 is 0. The van der Waals surface area contributed by atoms with Gasteiger partial charge >= 0.3 is 0 Å². The van der Waals surface area contributed by atoms with Gasteiger partial charge < -0.3 is 11.1 Å². The zero-order valence-electron chi connectivity index (χ0n) is 9.63. The SMILES string of the molecule is Nc1nc(NCCS(N)(=O)=O)nc(-n2cncn2)n1. The standard InChI is InChI=1S/C7H11N9O2S/c8-5-13-6(11-1-2-19(9,17)18)15-7(14-5)16-4-10-3-12-16/h3-4H,1-2H2,(H2,9,17,18)(H3,8,11,13,14,15). The fourth-order valence-corrected chi connectivity index (χ4v) is 1.57. The molecule has 2 aromatic rings. The summed E-state index contributed by atoms with van der Waals surface area (Å²) in [5, 5.41) is 11.4. The molecule has 0 radical (unpaired) electrons. The number of hydrogen-bond donors (Lipinski definition) is 3. The number of hydrogen-bond acceptors (Lipinski definition) is 9. The van der Waals surface area contributed by atoms with E-state index in [9.17, 15) is 8.42 Å². The topological polar surface area (TPSA) is 168 Å². The fourth-order valence-electron chi connectivity index (χ4n) is 1.18. The van der Waals surface area contributed by atoms with Gasteiger partial charge in [-0.05, 0) is 0 Å². The summed E-state index contributed by atoms with van der Waals surface area (Å²) in [7, 11) is -3.55. The molecule has 0 unspecified atom stereocenters. The maximum atomic E-state index is 10.8. The smallest absolute Gasteiger partial charge is 0.258 e. The van der Waals surface area contributed by atoms with Gasteiger partial charge in [0, 0.05) is 6.54 Å². The van der Waals surface area contributed by atoms with Gasteiger partial charge in [-0.1, -0.05) is 0 Å². The molecule has 0 amide bonds. The maximum absolute atomic E-state index is 10.8. The lowest BCUT2D eigenvalue weighted by Crippen LogP contribution is -2.23. The lowest BCUT2D eigenvalue weighted by atomic mass is 10.7. The highest BCUT2D eigenvalue weighted by atomic mass is 32.2. The number of nitrogens with two attached hydrogens (primary N) is 2. The Morgan fingerprint density at radius 2 is 2.11 bits per heavy atom. The van der Waals surface area contributed by atoms with E-state index < -0.39 is 10.0 Å². The van der Waals surface area contributed by atoms with Crippen molar-refractivity contribution < 1.29 is 8.42 Å². The Bertz CT molecular complexity index is 653. The summed E-state index contributed by atoms with van der Waals surface area (Å²) in [5.74, 6) is 0.0143. The number of rotatable bonds is 5. The molecule has 0 atom stereocenters. The zero-order valence-corrected chi connectivity index (χ0v) is 10.4. The van der Waals surface area contributed by atoms with Crippen LogP contribution >= 0.6 is 0 Å². The summed E-state index contributed by atoms with van der Waals surface area (Å²) in [6.45, 7) is 0.0546. The summed E-state index contributed by atoms with van der Waals surface area (Å²) < 4.78 is 22.9. The Morgan fingerprint density at radius 1 is 1.32 bits per heavy atom. The van der Waals surface area contributed by atoms with Crippen molar-refractivity contribution in [3.63, 3.8) is 0 Å². The van der Waals surface area contributed by atoms with Crippen LogP contribution in [-0.2, 0) is 10.0 Å². The van der Waals surface area contributed by atoms with Crippen molar-refractivity contribution in [3.05, 3.63) is 12.7 Å². The molecule has 0 saturated carbocycles. The van der Waals surface area contributed by atoms with E-state index in [1.165, 1.54) is 17.3 Å². The normalized spacial score (nSPS) is 11.4. The highest BCUT2D eigenvalue weighted by Crippen LogP contribution is 2.05. The average molecular weight is 285 g/mol. The van der Waals surface area contributed by atoms with Crippen molar-refractivity contribution in [3.8, 4) is 5.95 Å². The first-order chi connectivity index (χ1) is 8.94. The predicted molar refractivity (Wildman–Crippen MR) is 65.6 cm³/mol. The summed E-state index contributed by atoms with van der Waals surface area (Å²) in [4.78, 5) is 15.4. The molecule has 12 heteroatoms. The van der Waals surface area contributed by atoms with Gasteiger partial charge in [0.15, 0.2) is 0 Å². The molecule has 0 spiro atoms. The van der Waals surface area contributed by atoms with Crippen LogP contribution in [0.25, 0.3) is 5.95 Å². The Morgan fingerprint density at radius 3 is 2.74 bits per heavy atom. The third kappa shape index (κ3) is 3.82. The molecule has 5 N–H and O–H groups in total. The maximum Gasteiger partial charge on any atom is 0.258 e. The molecule has 102 valence electrons. The molecule has 0 aliphatic carbocycles. The summed E-state index contributed by atoms with van der Waals surface area (Å²) in [6, 6.07) is 0. The minimum absolute atomic E-state index is 0.0291. The molecule has 2 rings (SSSR count). The van der Waals surface area contributed by atoms with Crippen LogP contribution in [0.2, 0.25) is 0 Å². The summed E-state index contributed by atoms with van der Waals surface area (Å²) in [5.41, 5.74) is 5.52. The van der Waals surface area contributed by atoms with Crippen LogP contribution in [0.4, 0.5) is 11.9 Å². The van der Waals surface area contributed by atoms with Crippen molar-refractivity contribution in [2.45, 2.75) is 0 Å². The van der Waals surface area contributed by atoms with Crippen molar-refractivity contribution in [1.29, 1.82) is 0 Å². The van der Waals surface area contributed by atoms with Gasteiger partial charge in [-0.15, -0.1) is 0 Å². The molecule has 11 nitrogen and oxygen atoms in total. The molecule has 0 aromatic carbocycles. The third-order valence-electron chi connectivity index (χ3n) is 1.93. The number of aromatic nitrogens is 6. The van der Waals surface area contributed by atoms with Crippen LogP contribution < -0.4 is 16.2 Å². The Balaban J connectivity index is 2.14. The molecular formula is C7H11N9O2S. The van der Waals surface area contributed by atoms with Gasteiger partial charge in [0.1, 0.15) is 12.7 Å². The number of anilines is 2. The van der Waals surface area contributed by atoms with Gasteiger partial charge in [0.05, 0.1) is 5.75 Å². The van der Waals surface area contributed by atoms with Crippen LogP contribution in [0.3, 0.4) is 0 Å². The third-order valence-corrected chi connectivity index (χ3v) is 2.71. The van der Waals surface area contributed by atoms with Gasteiger partial charge in [0.2, 0.25) is 21.9 Å². The molecule has 2 heterocycles. The Kier molecular flexibility index (Phi) is 3.52. The predicted octanol–water partition coefficient (Wildman–Crippen LogP) is -2.27. The van der Waals surface area contributed by atoms with E-state index in [4.69, 9.17) is 10.9 Å². The largest absolute Gasteiger partial charge is 0.368 e. The van der Waals surface area contributed by atoms with Crippen molar-refractivity contribution in [2.75, 3.05) is 23.3 Å². The lowest BCUT2D eigenvalue weighted by molar-refractivity contribution is 0.598. The van der Waals surface area contributed by atoms with E-state index in [1.807, 2.05) is 0 Å². The second-order valence-electron chi connectivity index (χ2n) is 3.45. The highest BCUT2D eigenvalue weighted by molar-refractivity contribution is 7.89. The van der Waals surface area contributed by atoms with E-state index in [0.717, 1.165) is 0 Å². The molecular weight excluding hydrogens is 274 g/mol. The molecule has 0 aliphatic heterocycles. The number of nitrogens with zero attached hydrogens (tertiary/aromatic N) is 6. The van der Waals surface area contributed by atoms with Gasteiger partial charge in [-0.2, -0.15) is 24.7 Å². The van der Waals surface area contributed by atoms with Gasteiger partial charge in [0.25, 0.3) is 5.95 Å². The Hall–Kier alpha value is -2.34. The summed E-state index contributed by atoms with van der Waals surface area (Å²) in [6.07, 6.45) is 2.71. The van der Waals surface area contributed by atoms with E-state index in [-0.39, 0.29) is 30.1 Å². The first kappa shape index (κ1) is 13.1. The second kappa shape index (κ2) is 5.11. The average Bonchev–Trinajstić information content (AvgIpc) is 2.79. The Labute approximate surface area is 108 Å².